The predicted molar refractivity (Wildman–Crippen MR) is 89.4 cm³/mol. The number of nitrogens with zero attached hydrogens (tertiary/aromatic N) is 3. The SMILES string of the molecule is CS(=O)(=O)N(CC(=O)NCc1ccccn1)c1cccc(C#N)c1. The first kappa shape index (κ1) is 17.4. The Morgan fingerprint density at radius 2 is 2.08 bits per heavy atom. The molecule has 0 saturated carbocycles. The van der Waals surface area contributed by atoms with E-state index in [0.717, 1.165) is 10.6 Å². The maximum Gasteiger partial charge on any atom is 0.241 e. The molecule has 1 aromatic heterocycles. The van der Waals surface area contributed by atoms with Crippen LogP contribution in [0.4, 0.5) is 5.69 Å². The van der Waals surface area contributed by atoms with Gasteiger partial charge in [0, 0.05) is 6.20 Å². The van der Waals surface area contributed by atoms with Gasteiger partial charge < -0.3 is 5.32 Å². The number of sulfonamides is 1. The lowest BCUT2D eigenvalue weighted by Gasteiger charge is -2.22. The Morgan fingerprint density at radius 1 is 1.29 bits per heavy atom. The molecule has 1 N–H and O–H groups in total. The average Bonchev–Trinajstić information content (AvgIpc) is 2.58. The third-order valence-electron chi connectivity index (χ3n) is 3.14. The van der Waals surface area contributed by atoms with Crippen LogP contribution in [-0.2, 0) is 21.4 Å². The van der Waals surface area contributed by atoms with Crippen molar-refractivity contribution in [2.75, 3.05) is 17.1 Å². The van der Waals surface area contributed by atoms with Crippen LogP contribution in [0.25, 0.3) is 0 Å². The number of hydrogen-bond acceptors (Lipinski definition) is 5. The molecule has 0 aliphatic carbocycles. The van der Waals surface area contributed by atoms with Gasteiger partial charge in [-0.1, -0.05) is 12.1 Å². The van der Waals surface area contributed by atoms with Crippen molar-refractivity contribution in [1.82, 2.24) is 10.3 Å². The highest BCUT2D eigenvalue weighted by Crippen LogP contribution is 2.18. The fourth-order valence-electron chi connectivity index (χ4n) is 2.01. The zero-order valence-electron chi connectivity index (χ0n) is 13.0. The monoisotopic (exact) mass is 344 g/mol. The topological polar surface area (TPSA) is 103 Å². The second kappa shape index (κ2) is 7.57. The molecule has 0 atom stereocenters. The lowest BCUT2D eigenvalue weighted by molar-refractivity contribution is -0.119. The van der Waals surface area contributed by atoms with Gasteiger partial charge in [0.15, 0.2) is 0 Å². The van der Waals surface area contributed by atoms with Gasteiger partial charge in [0.05, 0.1) is 35.8 Å². The summed E-state index contributed by atoms with van der Waals surface area (Å²) >= 11 is 0. The molecular weight excluding hydrogens is 328 g/mol. The zero-order valence-corrected chi connectivity index (χ0v) is 13.8. The Balaban J connectivity index is 2.12. The number of carbonyl (C=O) groups excluding carboxylic acids is 1. The summed E-state index contributed by atoms with van der Waals surface area (Å²) in [7, 11) is -3.67. The highest BCUT2D eigenvalue weighted by molar-refractivity contribution is 7.92. The first-order chi connectivity index (χ1) is 11.4. The summed E-state index contributed by atoms with van der Waals surface area (Å²) in [5.74, 6) is -0.464. The van der Waals surface area contributed by atoms with Crippen LogP contribution in [0.5, 0.6) is 0 Å². The van der Waals surface area contributed by atoms with Gasteiger partial charge >= 0.3 is 0 Å². The quantitative estimate of drug-likeness (QED) is 0.843. The van der Waals surface area contributed by atoms with E-state index in [1.807, 2.05) is 6.07 Å². The first-order valence-corrected chi connectivity index (χ1v) is 8.89. The van der Waals surface area contributed by atoms with Crippen LogP contribution in [-0.4, -0.2) is 32.1 Å². The smallest absolute Gasteiger partial charge is 0.241 e. The van der Waals surface area contributed by atoms with Crippen molar-refractivity contribution in [3.8, 4) is 6.07 Å². The van der Waals surface area contributed by atoms with Crippen molar-refractivity contribution in [3.63, 3.8) is 0 Å². The van der Waals surface area contributed by atoms with Crippen molar-refractivity contribution in [3.05, 3.63) is 59.9 Å². The Hall–Kier alpha value is -2.92. The molecule has 1 amide bonds. The number of nitriles is 1. The summed E-state index contributed by atoms with van der Waals surface area (Å²) in [5, 5.41) is 11.6. The maximum absolute atomic E-state index is 12.1. The largest absolute Gasteiger partial charge is 0.349 e. The standard InChI is InChI=1S/C16H16N4O3S/c1-24(22,23)20(15-7-4-5-13(9-15)10-17)12-16(21)19-11-14-6-2-3-8-18-14/h2-9H,11-12H2,1H3,(H,19,21). The van der Waals surface area contributed by atoms with Crippen LogP contribution < -0.4 is 9.62 Å². The molecule has 1 aromatic carbocycles. The minimum Gasteiger partial charge on any atom is -0.349 e. The number of nitrogens with one attached hydrogen (secondary N) is 1. The minimum atomic E-state index is -3.67. The number of carbonyl (C=O) groups is 1. The van der Waals surface area contributed by atoms with Gasteiger partial charge in [0.1, 0.15) is 6.54 Å². The second-order valence-electron chi connectivity index (χ2n) is 5.03. The Labute approximate surface area is 140 Å². The molecule has 124 valence electrons. The number of benzene rings is 1. The third-order valence-corrected chi connectivity index (χ3v) is 4.28. The molecule has 0 radical (unpaired) electrons. The van der Waals surface area contributed by atoms with E-state index in [1.54, 1.807) is 36.5 Å². The van der Waals surface area contributed by atoms with Gasteiger partial charge in [-0.2, -0.15) is 5.26 Å². The van der Waals surface area contributed by atoms with E-state index in [4.69, 9.17) is 5.26 Å². The maximum atomic E-state index is 12.1. The van der Waals surface area contributed by atoms with E-state index in [1.165, 1.54) is 12.1 Å². The average molecular weight is 344 g/mol. The molecule has 0 bridgehead atoms. The summed E-state index contributed by atoms with van der Waals surface area (Å²) in [4.78, 5) is 16.2. The Kier molecular flexibility index (Phi) is 5.50. The number of aromatic nitrogens is 1. The van der Waals surface area contributed by atoms with Gasteiger partial charge in [-0.25, -0.2) is 8.42 Å². The molecule has 0 fully saturated rings. The normalized spacial score (nSPS) is 10.7. The van der Waals surface area contributed by atoms with E-state index >= 15 is 0 Å². The predicted octanol–water partition coefficient (Wildman–Crippen LogP) is 1.04. The van der Waals surface area contributed by atoms with Gasteiger partial charge in [0.25, 0.3) is 0 Å². The minimum absolute atomic E-state index is 0.204. The van der Waals surface area contributed by atoms with Crippen LogP contribution in [0.3, 0.4) is 0 Å². The molecular formula is C16H16N4O3S. The fraction of sp³-hybridized carbons (Fsp3) is 0.188. The highest BCUT2D eigenvalue weighted by atomic mass is 32.2. The summed E-state index contributed by atoms with van der Waals surface area (Å²) < 4.78 is 24.9. The molecule has 2 rings (SSSR count). The van der Waals surface area contributed by atoms with E-state index < -0.39 is 15.9 Å². The van der Waals surface area contributed by atoms with Crippen LogP contribution in [0.15, 0.2) is 48.7 Å². The summed E-state index contributed by atoms with van der Waals surface area (Å²) in [6.45, 7) is -0.171. The van der Waals surface area contributed by atoms with Gasteiger partial charge in [0.2, 0.25) is 15.9 Å². The van der Waals surface area contributed by atoms with Crippen LogP contribution >= 0.6 is 0 Å². The van der Waals surface area contributed by atoms with Crippen molar-refractivity contribution >= 4 is 21.6 Å². The van der Waals surface area contributed by atoms with Gasteiger partial charge in [-0.3, -0.25) is 14.1 Å². The fourth-order valence-corrected chi connectivity index (χ4v) is 2.86. The van der Waals surface area contributed by atoms with Crippen molar-refractivity contribution < 1.29 is 13.2 Å². The summed E-state index contributed by atoms with van der Waals surface area (Å²) in [5.41, 5.74) is 1.25. The number of rotatable bonds is 6. The van der Waals surface area contributed by atoms with Crippen molar-refractivity contribution in [2.24, 2.45) is 0 Å². The molecule has 8 heteroatoms. The zero-order chi connectivity index (χ0) is 17.6. The van der Waals surface area contributed by atoms with Gasteiger partial charge in [-0.15, -0.1) is 0 Å². The number of anilines is 1. The van der Waals surface area contributed by atoms with E-state index in [2.05, 4.69) is 10.3 Å². The molecule has 2 aromatic rings. The Morgan fingerprint density at radius 3 is 2.71 bits per heavy atom. The second-order valence-corrected chi connectivity index (χ2v) is 6.94. The molecule has 7 nitrogen and oxygen atoms in total. The number of amides is 1. The first-order valence-electron chi connectivity index (χ1n) is 7.04. The molecule has 0 aliphatic rings. The molecule has 1 heterocycles. The number of hydrogen-bond donors (Lipinski definition) is 1. The highest BCUT2D eigenvalue weighted by Gasteiger charge is 2.21. The van der Waals surface area contributed by atoms with Crippen LogP contribution in [0, 0.1) is 11.3 Å². The third kappa shape index (κ3) is 4.79. The Bertz CT molecular complexity index is 860. The summed E-state index contributed by atoms with van der Waals surface area (Å²) in [6, 6.07) is 13.3. The summed E-state index contributed by atoms with van der Waals surface area (Å²) in [6.07, 6.45) is 2.62. The van der Waals surface area contributed by atoms with Crippen LogP contribution in [0.1, 0.15) is 11.3 Å². The lowest BCUT2D eigenvalue weighted by Crippen LogP contribution is -2.40. The van der Waals surface area contributed by atoms with E-state index in [9.17, 15) is 13.2 Å². The van der Waals surface area contributed by atoms with Crippen LogP contribution in [0.2, 0.25) is 0 Å². The van der Waals surface area contributed by atoms with Gasteiger partial charge in [-0.05, 0) is 30.3 Å². The number of pyridine rings is 1. The lowest BCUT2D eigenvalue weighted by atomic mass is 10.2. The molecule has 0 unspecified atom stereocenters. The van der Waals surface area contributed by atoms with E-state index in [0.29, 0.717) is 11.3 Å². The molecule has 0 saturated heterocycles. The molecule has 24 heavy (non-hydrogen) atoms. The van der Waals surface area contributed by atoms with Crippen molar-refractivity contribution in [2.45, 2.75) is 6.54 Å². The molecule has 0 spiro atoms. The van der Waals surface area contributed by atoms with E-state index in [-0.39, 0.29) is 18.8 Å². The molecule has 0 aliphatic heterocycles. The van der Waals surface area contributed by atoms with Crippen molar-refractivity contribution in [1.29, 1.82) is 5.26 Å².